The van der Waals surface area contributed by atoms with Crippen LogP contribution in [0.25, 0.3) is 0 Å². The lowest BCUT2D eigenvalue weighted by molar-refractivity contribution is 0.568. The molecule has 1 aromatic carbocycles. The molecule has 0 amide bonds. The topological polar surface area (TPSA) is 39.7 Å². The Labute approximate surface area is 123 Å². The zero-order chi connectivity index (χ0) is 13.7. The van der Waals surface area contributed by atoms with E-state index in [4.69, 9.17) is 0 Å². The third-order valence-corrected chi connectivity index (χ3v) is 3.97. The first-order chi connectivity index (χ1) is 9.22. The average molecular weight is 325 g/mol. The largest absolute Gasteiger partial charge is 0.371 e. The van der Waals surface area contributed by atoms with Gasteiger partial charge in [-0.15, -0.1) is 0 Å². The Morgan fingerprint density at radius 1 is 1.53 bits per heavy atom. The van der Waals surface area contributed by atoms with Crippen LogP contribution in [0.4, 0.5) is 5.69 Å². The molecule has 2 N–H and O–H groups in total. The van der Waals surface area contributed by atoms with E-state index in [2.05, 4.69) is 60.7 Å². The highest BCUT2D eigenvalue weighted by atomic mass is 79.9. The molecule has 0 bridgehead atoms. The molecule has 1 aromatic rings. The first kappa shape index (κ1) is 14.2. The number of aliphatic imine (C=N–C) groups is 1. The van der Waals surface area contributed by atoms with Gasteiger partial charge in [0, 0.05) is 43.9 Å². The number of benzene rings is 1. The summed E-state index contributed by atoms with van der Waals surface area (Å²) in [5.74, 6) is 1.53. The quantitative estimate of drug-likeness (QED) is 0.660. The van der Waals surface area contributed by atoms with Crippen LogP contribution < -0.4 is 15.5 Å². The van der Waals surface area contributed by atoms with Crippen molar-refractivity contribution in [2.45, 2.75) is 6.42 Å². The fraction of sp³-hybridized carbons (Fsp3) is 0.500. The van der Waals surface area contributed by atoms with Gasteiger partial charge in [-0.05, 0) is 30.5 Å². The third kappa shape index (κ3) is 3.86. The van der Waals surface area contributed by atoms with Gasteiger partial charge in [0.2, 0.25) is 0 Å². The fourth-order valence-corrected chi connectivity index (χ4v) is 2.81. The Hall–Kier alpha value is -1.23. The molecule has 0 saturated carbocycles. The van der Waals surface area contributed by atoms with Crippen LogP contribution in [0.3, 0.4) is 0 Å². The van der Waals surface area contributed by atoms with Crippen LogP contribution in [0, 0.1) is 5.92 Å². The third-order valence-electron chi connectivity index (χ3n) is 3.48. The highest BCUT2D eigenvalue weighted by Gasteiger charge is 2.22. The Morgan fingerprint density at radius 2 is 2.37 bits per heavy atom. The van der Waals surface area contributed by atoms with E-state index >= 15 is 0 Å². The zero-order valence-electron chi connectivity index (χ0n) is 11.5. The van der Waals surface area contributed by atoms with E-state index in [0.29, 0.717) is 5.92 Å². The van der Waals surface area contributed by atoms with Crippen LogP contribution in [0.1, 0.15) is 6.42 Å². The summed E-state index contributed by atoms with van der Waals surface area (Å²) in [6.07, 6.45) is 1.22. The van der Waals surface area contributed by atoms with E-state index in [1.54, 1.807) is 7.05 Å². The van der Waals surface area contributed by atoms with E-state index in [-0.39, 0.29) is 0 Å². The smallest absolute Gasteiger partial charge is 0.190 e. The first-order valence-electron chi connectivity index (χ1n) is 6.62. The molecule has 0 aromatic heterocycles. The van der Waals surface area contributed by atoms with Gasteiger partial charge in [-0.25, -0.2) is 0 Å². The Kier molecular flexibility index (Phi) is 5.07. The summed E-state index contributed by atoms with van der Waals surface area (Å²) < 4.78 is 1.14. The molecule has 19 heavy (non-hydrogen) atoms. The second-order valence-corrected chi connectivity index (χ2v) is 5.70. The molecule has 1 aliphatic heterocycles. The number of nitrogens with one attached hydrogen (secondary N) is 2. The van der Waals surface area contributed by atoms with Crippen molar-refractivity contribution in [1.29, 1.82) is 0 Å². The number of anilines is 1. The lowest BCUT2D eigenvalue weighted by atomic mass is 10.1. The maximum absolute atomic E-state index is 4.13. The maximum atomic E-state index is 4.13. The van der Waals surface area contributed by atoms with Gasteiger partial charge in [-0.2, -0.15) is 0 Å². The highest BCUT2D eigenvalue weighted by Crippen LogP contribution is 2.25. The minimum atomic E-state index is 0.670. The summed E-state index contributed by atoms with van der Waals surface area (Å²) in [6.45, 7) is 3.20. The van der Waals surface area contributed by atoms with Crippen molar-refractivity contribution >= 4 is 27.6 Å². The van der Waals surface area contributed by atoms with E-state index in [0.717, 1.165) is 30.1 Å². The summed E-state index contributed by atoms with van der Waals surface area (Å²) in [4.78, 5) is 6.57. The second-order valence-electron chi connectivity index (χ2n) is 4.78. The fourth-order valence-electron chi connectivity index (χ4n) is 2.43. The van der Waals surface area contributed by atoms with Crippen molar-refractivity contribution in [2.24, 2.45) is 10.9 Å². The van der Waals surface area contributed by atoms with Gasteiger partial charge in [-0.3, -0.25) is 4.99 Å². The van der Waals surface area contributed by atoms with Gasteiger partial charge in [0.25, 0.3) is 0 Å². The van der Waals surface area contributed by atoms with Gasteiger partial charge in [0.05, 0.1) is 0 Å². The minimum Gasteiger partial charge on any atom is -0.371 e. The molecule has 1 atom stereocenters. The van der Waals surface area contributed by atoms with Crippen molar-refractivity contribution in [2.75, 3.05) is 38.6 Å². The van der Waals surface area contributed by atoms with Crippen LogP contribution in [0.2, 0.25) is 0 Å². The molecule has 0 radical (unpaired) electrons. The van der Waals surface area contributed by atoms with Crippen molar-refractivity contribution < 1.29 is 0 Å². The molecule has 1 saturated heterocycles. The van der Waals surface area contributed by atoms with Crippen molar-refractivity contribution in [3.05, 3.63) is 28.7 Å². The number of hydrogen-bond donors (Lipinski definition) is 2. The normalized spacial score (nSPS) is 19.6. The van der Waals surface area contributed by atoms with E-state index < -0.39 is 0 Å². The Balaban J connectivity index is 1.86. The van der Waals surface area contributed by atoms with Gasteiger partial charge < -0.3 is 15.5 Å². The van der Waals surface area contributed by atoms with Crippen molar-refractivity contribution in [3.63, 3.8) is 0 Å². The number of guanidine groups is 1. The second kappa shape index (κ2) is 6.80. The number of rotatable bonds is 3. The summed E-state index contributed by atoms with van der Waals surface area (Å²) in [5.41, 5.74) is 1.30. The molecule has 1 aliphatic rings. The molecule has 104 valence electrons. The average Bonchev–Trinajstić information content (AvgIpc) is 2.89. The molecule has 1 fully saturated rings. The van der Waals surface area contributed by atoms with E-state index in [9.17, 15) is 0 Å². The summed E-state index contributed by atoms with van der Waals surface area (Å²) in [7, 11) is 3.68. The monoisotopic (exact) mass is 324 g/mol. The molecule has 1 heterocycles. The zero-order valence-corrected chi connectivity index (χ0v) is 13.1. The number of halogens is 1. The van der Waals surface area contributed by atoms with Crippen LogP contribution in [-0.2, 0) is 0 Å². The Bertz CT molecular complexity index is 447. The molecular weight excluding hydrogens is 304 g/mol. The number of nitrogens with zero attached hydrogens (tertiary/aromatic N) is 2. The number of hydrogen-bond acceptors (Lipinski definition) is 2. The summed E-state index contributed by atoms with van der Waals surface area (Å²) >= 11 is 3.53. The van der Waals surface area contributed by atoms with Crippen molar-refractivity contribution in [3.8, 4) is 0 Å². The Morgan fingerprint density at radius 3 is 3.05 bits per heavy atom. The summed E-state index contributed by atoms with van der Waals surface area (Å²) in [6, 6.07) is 8.51. The molecular formula is C14H21BrN4. The standard InChI is InChI=1S/C14H21BrN4/c1-16-14(17-2)18-9-11-6-7-19(10-11)13-5-3-4-12(15)8-13/h3-5,8,11H,6-7,9-10H2,1-2H3,(H2,16,17,18)/t11-/m1/s1. The molecule has 0 aliphatic carbocycles. The van der Waals surface area contributed by atoms with Crippen LogP contribution in [-0.4, -0.2) is 39.7 Å². The minimum absolute atomic E-state index is 0.670. The van der Waals surface area contributed by atoms with Crippen LogP contribution in [0.5, 0.6) is 0 Å². The summed E-state index contributed by atoms with van der Waals surface area (Å²) in [5, 5.41) is 6.39. The van der Waals surface area contributed by atoms with E-state index in [1.165, 1.54) is 12.1 Å². The SMILES string of the molecule is CN=C(NC)NC[C@H]1CCN(c2cccc(Br)c2)C1. The lowest BCUT2D eigenvalue weighted by Crippen LogP contribution is -2.38. The predicted octanol–water partition coefficient (Wildman–Crippen LogP) is 2.07. The molecule has 5 heteroatoms. The highest BCUT2D eigenvalue weighted by molar-refractivity contribution is 9.10. The molecule has 0 unspecified atom stereocenters. The lowest BCUT2D eigenvalue weighted by Gasteiger charge is -2.19. The van der Waals surface area contributed by atoms with Gasteiger partial charge in [-0.1, -0.05) is 22.0 Å². The van der Waals surface area contributed by atoms with Crippen molar-refractivity contribution in [1.82, 2.24) is 10.6 Å². The predicted molar refractivity (Wildman–Crippen MR) is 84.9 cm³/mol. The van der Waals surface area contributed by atoms with Crippen LogP contribution in [0.15, 0.2) is 33.7 Å². The molecule has 0 spiro atoms. The van der Waals surface area contributed by atoms with E-state index in [1.807, 2.05) is 7.05 Å². The van der Waals surface area contributed by atoms with Gasteiger partial charge in [0.15, 0.2) is 5.96 Å². The van der Waals surface area contributed by atoms with Gasteiger partial charge in [0.1, 0.15) is 0 Å². The molecule has 4 nitrogen and oxygen atoms in total. The maximum Gasteiger partial charge on any atom is 0.190 e. The van der Waals surface area contributed by atoms with Gasteiger partial charge >= 0.3 is 0 Å². The van der Waals surface area contributed by atoms with Crippen LogP contribution >= 0.6 is 15.9 Å². The first-order valence-corrected chi connectivity index (χ1v) is 7.41. The molecule has 2 rings (SSSR count).